The third kappa shape index (κ3) is 2.56. The number of anilines is 1. The fourth-order valence-corrected chi connectivity index (χ4v) is 1.06. The van der Waals surface area contributed by atoms with Gasteiger partial charge in [-0.2, -0.15) is 0 Å². The molecule has 0 aliphatic rings. The van der Waals surface area contributed by atoms with E-state index in [2.05, 4.69) is 32.9 Å². The lowest BCUT2D eigenvalue weighted by molar-refractivity contribution is -0.384. The van der Waals surface area contributed by atoms with Crippen molar-refractivity contribution in [2.45, 2.75) is 0 Å². The highest BCUT2D eigenvalue weighted by Crippen LogP contribution is 2.21. The number of aryl methyl sites for hydroxylation is 1. The molecule has 0 radical (unpaired) electrons. The number of halogens is 1. The Bertz CT molecular complexity index is 374. The molecule has 14 heavy (non-hydrogen) atoms. The van der Waals surface area contributed by atoms with Crippen LogP contribution in [0.25, 0.3) is 0 Å². The summed E-state index contributed by atoms with van der Waals surface area (Å²) in [4.78, 5) is 10.1. The first-order chi connectivity index (χ1) is 6.50. The van der Waals surface area contributed by atoms with Gasteiger partial charge in [0.2, 0.25) is 5.82 Å². The van der Waals surface area contributed by atoms with Crippen molar-refractivity contribution < 1.29 is 4.92 Å². The summed E-state index contributed by atoms with van der Waals surface area (Å²) in [5, 5.41) is 17.3. The lowest BCUT2D eigenvalue weighted by atomic mass is 10.5. The molecule has 1 aromatic heterocycles. The van der Waals surface area contributed by atoms with Gasteiger partial charge in [-0.15, -0.1) is 5.10 Å². The fraction of sp³-hybridized carbons (Fsp3) is 0.286. The van der Waals surface area contributed by atoms with Crippen LogP contribution in [0.1, 0.15) is 0 Å². The van der Waals surface area contributed by atoms with Crippen molar-refractivity contribution in [1.82, 2.24) is 9.78 Å². The standard InChI is InChI=1S/C7H9BrN4O2/c1-5(8)3-9-7-6(12(13)14)4-11(2)10-7/h4H,1,3H2,2H3,(H,9,10). The molecule has 1 N–H and O–H groups in total. The Morgan fingerprint density at radius 2 is 2.57 bits per heavy atom. The molecule has 0 fully saturated rings. The molecule has 0 atom stereocenters. The molecule has 0 bridgehead atoms. The predicted octanol–water partition coefficient (Wildman–Crippen LogP) is 1.65. The van der Waals surface area contributed by atoms with Gasteiger partial charge in [-0.3, -0.25) is 14.8 Å². The molecule has 1 aromatic rings. The normalized spacial score (nSPS) is 9.86. The third-order valence-electron chi connectivity index (χ3n) is 1.45. The van der Waals surface area contributed by atoms with Crippen LogP contribution in [-0.4, -0.2) is 21.2 Å². The van der Waals surface area contributed by atoms with Crippen LogP contribution in [0.5, 0.6) is 0 Å². The van der Waals surface area contributed by atoms with Crippen molar-refractivity contribution in [2.75, 3.05) is 11.9 Å². The molecule has 0 spiro atoms. The highest BCUT2D eigenvalue weighted by Gasteiger charge is 2.17. The number of hydrogen-bond acceptors (Lipinski definition) is 4. The number of hydrogen-bond donors (Lipinski definition) is 1. The van der Waals surface area contributed by atoms with Gasteiger partial charge in [-0.25, -0.2) is 0 Å². The second-order valence-electron chi connectivity index (χ2n) is 2.66. The van der Waals surface area contributed by atoms with Crippen molar-refractivity contribution in [3.8, 4) is 0 Å². The Morgan fingerprint density at radius 3 is 3.07 bits per heavy atom. The van der Waals surface area contributed by atoms with Crippen LogP contribution >= 0.6 is 15.9 Å². The van der Waals surface area contributed by atoms with Gasteiger partial charge in [0, 0.05) is 18.1 Å². The van der Waals surface area contributed by atoms with E-state index in [1.54, 1.807) is 7.05 Å². The number of rotatable bonds is 4. The Balaban J connectivity index is 2.84. The van der Waals surface area contributed by atoms with Gasteiger partial charge in [-0.1, -0.05) is 22.5 Å². The summed E-state index contributed by atoms with van der Waals surface area (Å²) in [5.41, 5.74) is -0.0405. The molecule has 0 aliphatic carbocycles. The van der Waals surface area contributed by atoms with Gasteiger partial charge in [0.15, 0.2) is 0 Å². The number of nitrogens with zero attached hydrogens (tertiary/aromatic N) is 3. The van der Waals surface area contributed by atoms with Crippen molar-refractivity contribution in [3.05, 3.63) is 27.4 Å². The lowest BCUT2D eigenvalue weighted by Crippen LogP contribution is -2.03. The van der Waals surface area contributed by atoms with Crippen LogP contribution in [0, 0.1) is 10.1 Å². The highest BCUT2D eigenvalue weighted by atomic mass is 79.9. The topological polar surface area (TPSA) is 73.0 Å². The molecule has 0 aromatic carbocycles. The summed E-state index contributed by atoms with van der Waals surface area (Å²) in [6.07, 6.45) is 1.35. The molecule has 1 rings (SSSR count). The van der Waals surface area contributed by atoms with E-state index in [0.29, 0.717) is 11.0 Å². The summed E-state index contributed by atoms with van der Waals surface area (Å²) in [6, 6.07) is 0. The fourth-order valence-electron chi connectivity index (χ4n) is 0.915. The van der Waals surface area contributed by atoms with Crippen molar-refractivity contribution in [2.24, 2.45) is 7.05 Å². The number of aromatic nitrogens is 2. The second kappa shape index (κ2) is 4.23. The molecule has 0 aliphatic heterocycles. The molecular weight excluding hydrogens is 252 g/mol. The van der Waals surface area contributed by atoms with Gasteiger partial charge in [0.25, 0.3) is 0 Å². The zero-order valence-corrected chi connectivity index (χ0v) is 9.11. The van der Waals surface area contributed by atoms with Crippen molar-refractivity contribution in [3.63, 3.8) is 0 Å². The van der Waals surface area contributed by atoms with Gasteiger partial charge >= 0.3 is 5.69 Å². The molecular formula is C7H9BrN4O2. The van der Waals surface area contributed by atoms with Gasteiger partial charge in [0.05, 0.1) is 4.92 Å². The van der Waals surface area contributed by atoms with E-state index in [1.807, 2.05) is 0 Å². The zero-order chi connectivity index (χ0) is 10.7. The van der Waals surface area contributed by atoms with Crippen molar-refractivity contribution in [1.29, 1.82) is 0 Å². The minimum absolute atomic E-state index is 0.0405. The van der Waals surface area contributed by atoms with Crippen molar-refractivity contribution >= 4 is 27.4 Å². The molecule has 0 amide bonds. The average Bonchev–Trinajstić information content (AvgIpc) is 2.43. The summed E-state index contributed by atoms with van der Waals surface area (Å²) in [5.74, 6) is 0.248. The van der Waals surface area contributed by atoms with Crippen LogP contribution in [0.15, 0.2) is 17.3 Å². The monoisotopic (exact) mass is 260 g/mol. The summed E-state index contributed by atoms with van der Waals surface area (Å²) in [7, 11) is 1.63. The average molecular weight is 261 g/mol. The Morgan fingerprint density at radius 1 is 1.93 bits per heavy atom. The molecule has 0 unspecified atom stereocenters. The lowest BCUT2D eigenvalue weighted by Gasteiger charge is -1.99. The molecule has 0 saturated heterocycles. The van der Waals surface area contributed by atoms with Crippen LogP contribution in [-0.2, 0) is 7.05 Å². The minimum Gasteiger partial charge on any atom is -0.358 e. The smallest absolute Gasteiger partial charge is 0.330 e. The Kier molecular flexibility index (Phi) is 3.23. The van der Waals surface area contributed by atoms with Gasteiger partial charge in [0.1, 0.15) is 6.20 Å². The predicted molar refractivity (Wildman–Crippen MR) is 56.4 cm³/mol. The quantitative estimate of drug-likeness (QED) is 0.660. The number of nitrogens with one attached hydrogen (secondary N) is 1. The summed E-state index contributed by atoms with van der Waals surface area (Å²) >= 11 is 3.14. The first-order valence-corrected chi connectivity index (χ1v) is 4.55. The van der Waals surface area contributed by atoms with E-state index in [4.69, 9.17) is 0 Å². The first-order valence-electron chi connectivity index (χ1n) is 3.76. The number of nitro groups is 1. The van der Waals surface area contributed by atoms with E-state index in [-0.39, 0.29) is 11.5 Å². The maximum atomic E-state index is 10.6. The largest absolute Gasteiger partial charge is 0.358 e. The first kappa shape index (κ1) is 10.7. The molecule has 76 valence electrons. The van der Waals surface area contributed by atoms with Gasteiger partial charge in [-0.05, 0) is 0 Å². The molecule has 1 heterocycles. The van der Waals surface area contributed by atoms with Crippen LogP contribution in [0.4, 0.5) is 11.5 Å². The van der Waals surface area contributed by atoms with Crippen LogP contribution < -0.4 is 5.32 Å². The van der Waals surface area contributed by atoms with Gasteiger partial charge < -0.3 is 5.32 Å². The molecule has 0 saturated carbocycles. The Labute approximate surface area is 88.9 Å². The van der Waals surface area contributed by atoms with E-state index in [1.165, 1.54) is 10.9 Å². The maximum absolute atomic E-state index is 10.6. The highest BCUT2D eigenvalue weighted by molar-refractivity contribution is 9.11. The summed E-state index contributed by atoms with van der Waals surface area (Å²) < 4.78 is 2.09. The third-order valence-corrected chi connectivity index (χ3v) is 1.73. The zero-order valence-electron chi connectivity index (χ0n) is 7.53. The summed E-state index contributed by atoms with van der Waals surface area (Å²) in [6.45, 7) is 4.00. The van der Waals surface area contributed by atoms with E-state index >= 15 is 0 Å². The maximum Gasteiger partial charge on any atom is 0.330 e. The van der Waals surface area contributed by atoms with E-state index in [0.717, 1.165) is 0 Å². The van der Waals surface area contributed by atoms with E-state index in [9.17, 15) is 10.1 Å². The Hall–Kier alpha value is -1.37. The second-order valence-corrected chi connectivity index (χ2v) is 3.79. The minimum atomic E-state index is -0.480. The van der Waals surface area contributed by atoms with E-state index < -0.39 is 4.92 Å². The SMILES string of the molecule is C=C(Br)CNc1nn(C)cc1[N+](=O)[O-]. The molecule has 6 nitrogen and oxygen atoms in total. The molecule has 7 heteroatoms. The van der Waals surface area contributed by atoms with Crippen LogP contribution in [0.2, 0.25) is 0 Å². The van der Waals surface area contributed by atoms with Crippen LogP contribution in [0.3, 0.4) is 0 Å².